The van der Waals surface area contributed by atoms with Crippen LogP contribution in [0.4, 0.5) is 0 Å². The van der Waals surface area contributed by atoms with Gasteiger partial charge in [0.25, 0.3) is 0 Å². The summed E-state index contributed by atoms with van der Waals surface area (Å²) in [6, 6.07) is 12.7. The maximum Gasteiger partial charge on any atom is 0.231 e. The second-order valence-electron chi connectivity index (χ2n) is 4.91. The Morgan fingerprint density at radius 2 is 1.87 bits per heavy atom. The monoisotopic (exact) mass is 374 g/mol. The van der Waals surface area contributed by atoms with E-state index in [0.29, 0.717) is 29.4 Å². The Labute approximate surface area is 142 Å². The lowest BCUT2D eigenvalue weighted by Gasteiger charge is -2.05. The van der Waals surface area contributed by atoms with Crippen LogP contribution >= 0.6 is 15.9 Å². The molecule has 0 N–H and O–H groups in total. The third-order valence-electron chi connectivity index (χ3n) is 3.40. The van der Waals surface area contributed by atoms with E-state index in [1.54, 1.807) is 31.4 Å². The number of halogens is 1. The highest BCUT2D eigenvalue weighted by molar-refractivity contribution is 9.09. The Kier molecular flexibility index (Phi) is 4.67. The molecule has 2 aromatic carbocycles. The normalized spacial score (nSPS) is 14.5. The van der Waals surface area contributed by atoms with Crippen LogP contribution in [-0.4, -0.2) is 24.8 Å². The van der Waals surface area contributed by atoms with Crippen LogP contribution < -0.4 is 14.2 Å². The van der Waals surface area contributed by atoms with Crippen molar-refractivity contribution in [1.29, 1.82) is 0 Å². The fourth-order valence-electron chi connectivity index (χ4n) is 2.26. The minimum absolute atomic E-state index is 0.122. The molecule has 0 saturated carbocycles. The molecular formula is C18H15BrO4. The van der Waals surface area contributed by atoms with Crippen LogP contribution in [0.5, 0.6) is 17.2 Å². The molecule has 1 aliphatic rings. The number of benzene rings is 2. The van der Waals surface area contributed by atoms with E-state index in [-0.39, 0.29) is 5.78 Å². The van der Waals surface area contributed by atoms with Crippen molar-refractivity contribution < 1.29 is 19.0 Å². The molecule has 1 aliphatic heterocycles. The fourth-order valence-corrected chi connectivity index (χ4v) is 2.43. The topological polar surface area (TPSA) is 44.8 Å². The van der Waals surface area contributed by atoms with Crippen molar-refractivity contribution in [3.63, 3.8) is 0 Å². The summed E-state index contributed by atoms with van der Waals surface area (Å²) < 4.78 is 16.3. The maximum atomic E-state index is 12.4. The number of allylic oxidation sites excluding steroid dienone is 1. The number of alkyl halides is 1. The maximum absolute atomic E-state index is 12.4. The smallest absolute Gasteiger partial charge is 0.231 e. The van der Waals surface area contributed by atoms with E-state index in [1.807, 2.05) is 24.3 Å². The zero-order valence-corrected chi connectivity index (χ0v) is 14.1. The SMILES string of the molecule is COc1ccc(/C=C2\Oc3cc(OCCBr)ccc3C2=O)cc1. The largest absolute Gasteiger partial charge is 0.497 e. The molecule has 0 bridgehead atoms. The summed E-state index contributed by atoms with van der Waals surface area (Å²) in [6.45, 7) is 0.557. The van der Waals surface area contributed by atoms with Crippen LogP contribution in [0.25, 0.3) is 6.08 Å². The van der Waals surface area contributed by atoms with Gasteiger partial charge in [-0.05, 0) is 35.9 Å². The molecule has 0 aromatic heterocycles. The predicted octanol–water partition coefficient (Wildman–Crippen LogP) is 4.09. The molecular weight excluding hydrogens is 360 g/mol. The molecule has 0 spiro atoms. The zero-order chi connectivity index (χ0) is 16.2. The molecule has 0 amide bonds. The summed E-state index contributed by atoms with van der Waals surface area (Å²) in [5.41, 5.74) is 1.42. The Morgan fingerprint density at radius 1 is 1.13 bits per heavy atom. The van der Waals surface area contributed by atoms with E-state index in [2.05, 4.69) is 15.9 Å². The molecule has 0 saturated heterocycles. The molecule has 2 aromatic rings. The van der Waals surface area contributed by atoms with Crippen molar-refractivity contribution >= 4 is 27.8 Å². The molecule has 5 heteroatoms. The number of hydrogen-bond donors (Lipinski definition) is 0. The van der Waals surface area contributed by atoms with E-state index in [1.165, 1.54) is 0 Å². The van der Waals surface area contributed by atoms with E-state index in [9.17, 15) is 4.79 Å². The molecule has 0 unspecified atom stereocenters. The molecule has 1 heterocycles. The number of methoxy groups -OCH3 is 1. The molecule has 4 nitrogen and oxygen atoms in total. The van der Waals surface area contributed by atoms with Crippen LogP contribution in [0.15, 0.2) is 48.2 Å². The van der Waals surface area contributed by atoms with Crippen molar-refractivity contribution in [1.82, 2.24) is 0 Å². The van der Waals surface area contributed by atoms with Crippen molar-refractivity contribution in [2.45, 2.75) is 0 Å². The first kappa shape index (κ1) is 15.6. The Balaban J connectivity index is 1.82. The van der Waals surface area contributed by atoms with Gasteiger partial charge in [-0.1, -0.05) is 28.1 Å². The Hall–Kier alpha value is -2.27. The molecule has 0 radical (unpaired) electrons. The zero-order valence-electron chi connectivity index (χ0n) is 12.5. The van der Waals surface area contributed by atoms with Crippen molar-refractivity contribution in [2.75, 3.05) is 19.0 Å². The van der Waals surface area contributed by atoms with Gasteiger partial charge < -0.3 is 14.2 Å². The number of rotatable bonds is 5. The fraction of sp³-hybridized carbons (Fsp3) is 0.167. The van der Waals surface area contributed by atoms with Crippen LogP contribution in [-0.2, 0) is 0 Å². The van der Waals surface area contributed by atoms with Crippen molar-refractivity contribution in [3.8, 4) is 17.2 Å². The molecule has 0 atom stereocenters. The summed E-state index contributed by atoms with van der Waals surface area (Å²) in [7, 11) is 1.61. The number of fused-ring (bicyclic) bond motifs is 1. The molecule has 118 valence electrons. The number of carbonyl (C=O) groups excluding carboxylic acids is 1. The number of ketones is 1. The van der Waals surface area contributed by atoms with Gasteiger partial charge in [0.2, 0.25) is 5.78 Å². The van der Waals surface area contributed by atoms with Gasteiger partial charge >= 0.3 is 0 Å². The van der Waals surface area contributed by atoms with E-state index < -0.39 is 0 Å². The third-order valence-corrected chi connectivity index (χ3v) is 3.72. The van der Waals surface area contributed by atoms with Gasteiger partial charge in [0.05, 0.1) is 19.3 Å². The Morgan fingerprint density at radius 3 is 2.57 bits per heavy atom. The van der Waals surface area contributed by atoms with Crippen LogP contribution in [0.3, 0.4) is 0 Å². The first-order chi connectivity index (χ1) is 11.2. The lowest BCUT2D eigenvalue weighted by Crippen LogP contribution is -1.98. The third kappa shape index (κ3) is 3.40. The first-order valence-electron chi connectivity index (χ1n) is 7.12. The summed E-state index contributed by atoms with van der Waals surface area (Å²) >= 11 is 3.31. The van der Waals surface area contributed by atoms with E-state index >= 15 is 0 Å². The lowest BCUT2D eigenvalue weighted by atomic mass is 10.1. The summed E-state index contributed by atoms with van der Waals surface area (Å²) in [6.07, 6.45) is 1.72. The van der Waals surface area contributed by atoms with Crippen molar-refractivity contribution in [3.05, 3.63) is 59.4 Å². The lowest BCUT2D eigenvalue weighted by molar-refractivity contribution is 0.101. The quantitative estimate of drug-likeness (QED) is 0.584. The second-order valence-corrected chi connectivity index (χ2v) is 5.70. The minimum atomic E-state index is -0.122. The van der Waals surface area contributed by atoms with E-state index in [0.717, 1.165) is 16.6 Å². The van der Waals surface area contributed by atoms with Crippen LogP contribution in [0.2, 0.25) is 0 Å². The minimum Gasteiger partial charge on any atom is -0.497 e. The highest BCUT2D eigenvalue weighted by Crippen LogP contribution is 2.35. The van der Waals surface area contributed by atoms with Crippen LogP contribution in [0, 0.1) is 0 Å². The molecule has 23 heavy (non-hydrogen) atoms. The van der Waals surface area contributed by atoms with Gasteiger partial charge in [0.15, 0.2) is 5.76 Å². The number of carbonyl (C=O) groups is 1. The summed E-state index contributed by atoms with van der Waals surface area (Å²) in [5.74, 6) is 2.16. The van der Waals surface area contributed by atoms with Crippen LogP contribution in [0.1, 0.15) is 15.9 Å². The van der Waals surface area contributed by atoms with Gasteiger partial charge in [-0.3, -0.25) is 4.79 Å². The second kappa shape index (κ2) is 6.87. The average molecular weight is 375 g/mol. The van der Waals surface area contributed by atoms with Gasteiger partial charge in [0.1, 0.15) is 17.2 Å². The summed E-state index contributed by atoms with van der Waals surface area (Å²) in [5, 5.41) is 0.743. The molecule has 0 fully saturated rings. The molecule has 3 rings (SSSR count). The predicted molar refractivity (Wildman–Crippen MR) is 91.7 cm³/mol. The Bertz CT molecular complexity index is 750. The molecule has 0 aliphatic carbocycles. The standard InChI is InChI=1S/C18H15BrO4/c1-21-13-4-2-12(3-5-13)10-17-18(20)15-7-6-14(22-9-8-19)11-16(15)23-17/h2-7,10-11H,8-9H2,1H3/b17-10-. The highest BCUT2D eigenvalue weighted by atomic mass is 79.9. The first-order valence-corrected chi connectivity index (χ1v) is 8.24. The van der Waals surface area contributed by atoms with Crippen molar-refractivity contribution in [2.24, 2.45) is 0 Å². The number of hydrogen-bond acceptors (Lipinski definition) is 4. The van der Waals surface area contributed by atoms with Gasteiger partial charge in [-0.15, -0.1) is 0 Å². The highest BCUT2D eigenvalue weighted by Gasteiger charge is 2.27. The van der Waals surface area contributed by atoms with Gasteiger partial charge in [-0.2, -0.15) is 0 Å². The van der Waals surface area contributed by atoms with E-state index in [4.69, 9.17) is 14.2 Å². The summed E-state index contributed by atoms with van der Waals surface area (Å²) in [4.78, 5) is 12.4. The number of Topliss-reactive ketones (excluding diaryl/α,β-unsaturated/α-hetero) is 1. The van der Waals surface area contributed by atoms with Gasteiger partial charge in [0, 0.05) is 11.4 Å². The van der Waals surface area contributed by atoms with Gasteiger partial charge in [-0.25, -0.2) is 0 Å². The number of ether oxygens (including phenoxy) is 3. The average Bonchev–Trinajstić information content (AvgIpc) is 2.89.